The van der Waals surface area contributed by atoms with Crippen LogP contribution in [0.15, 0.2) is 0 Å². The number of hydrogen-bond donors (Lipinski definition) is 10. The molecule has 0 saturated heterocycles. The first-order chi connectivity index (χ1) is 25.3. The number of aliphatic carboxylic acids is 2. The molecule has 0 aromatic heterocycles. The van der Waals surface area contributed by atoms with Crippen LogP contribution in [-0.4, -0.2) is 143 Å². The number of hydrogen-bond acceptors (Lipinski definition) is 14. The van der Waals surface area contributed by atoms with Gasteiger partial charge >= 0.3 is 11.9 Å². The van der Waals surface area contributed by atoms with Gasteiger partial charge in [0.05, 0.1) is 18.7 Å². The van der Waals surface area contributed by atoms with Gasteiger partial charge in [-0.1, -0.05) is 21.6 Å². The first-order valence-electron chi connectivity index (χ1n) is 16.5. The Bertz CT molecular complexity index is 1340. The van der Waals surface area contributed by atoms with Crippen molar-refractivity contribution >= 4 is 92.5 Å². The fraction of sp³-hybridized carbons (Fsp3) is 0.667. The molecule has 0 saturated carbocycles. The van der Waals surface area contributed by atoms with Crippen LogP contribution in [-0.2, 0) is 52.7 Å². The number of carbonyl (C=O) groups excluding carboxylic acids is 8. The van der Waals surface area contributed by atoms with E-state index in [1.807, 2.05) is 0 Å². The molecule has 0 heterocycles. The third kappa shape index (κ3) is 22.7. The van der Waals surface area contributed by atoms with Gasteiger partial charge in [0.1, 0.15) is 42.2 Å². The van der Waals surface area contributed by atoms with Crippen molar-refractivity contribution in [3.05, 3.63) is 0 Å². The van der Waals surface area contributed by atoms with Crippen LogP contribution in [0.5, 0.6) is 0 Å². The van der Waals surface area contributed by atoms with Crippen LogP contribution >= 0.6 is 33.3 Å². The molecule has 0 radical (unpaired) electrons. The number of thioether (sulfide) groups is 1. The summed E-state index contributed by atoms with van der Waals surface area (Å²) < 4.78 is 5.36. The van der Waals surface area contributed by atoms with Crippen LogP contribution in [0.3, 0.4) is 0 Å². The number of rotatable bonds is 28. The minimum atomic E-state index is -1.62. The Morgan fingerprint density at radius 3 is 1.87 bits per heavy atom. The summed E-state index contributed by atoms with van der Waals surface area (Å²) in [6.45, 7) is 5.30. The Hall–Kier alpha value is -4.29. The standard InChI is InChI=1S/C30H50N8O13S3/c1-6-51-17(4)53-14-23(41)36-18(29(49)33-11-22(40)32-12-25(44)45)8-7-9-21(39)34-15(2)27(47)35-16(3)28(48)37-19(10-24(42)43)30(50)38-20(26(31)46)13-54-52-5/h15-20H,6-14H2,1-5H3,(H2,31,46)(H,32,40)(H,33,49)(H,34,39)(H,35,47)(H,36,41)(H,37,48)(H,38,50)(H,42,43)(H,44,45)/t15-,16-,17?,18?,19-,20-/m0/s1. The number of nitrogens with two attached hydrogens (primary N) is 1. The number of primary amides is 1. The fourth-order valence-electron chi connectivity index (χ4n) is 4.04. The Morgan fingerprint density at radius 1 is 0.685 bits per heavy atom. The summed E-state index contributed by atoms with van der Waals surface area (Å²) in [4.78, 5) is 122. The molecule has 2 unspecified atom stereocenters. The van der Waals surface area contributed by atoms with Crippen molar-refractivity contribution in [2.45, 2.75) is 89.0 Å². The molecular weight excluding hydrogens is 777 g/mol. The van der Waals surface area contributed by atoms with Crippen molar-refractivity contribution in [2.24, 2.45) is 5.73 Å². The van der Waals surface area contributed by atoms with Gasteiger partial charge in [-0.2, -0.15) is 0 Å². The summed E-state index contributed by atoms with van der Waals surface area (Å²) in [5.41, 5.74) is 5.00. The summed E-state index contributed by atoms with van der Waals surface area (Å²) >= 11 is 1.17. The van der Waals surface area contributed by atoms with Gasteiger partial charge in [0, 0.05) is 18.8 Å². The molecule has 24 heteroatoms. The molecule has 0 aliphatic rings. The van der Waals surface area contributed by atoms with Crippen molar-refractivity contribution in [1.29, 1.82) is 0 Å². The highest BCUT2D eigenvalue weighted by Crippen LogP contribution is 2.17. The van der Waals surface area contributed by atoms with Crippen LogP contribution in [0.25, 0.3) is 0 Å². The summed E-state index contributed by atoms with van der Waals surface area (Å²) in [5.74, 6) is -8.98. The average Bonchev–Trinajstić information content (AvgIpc) is 3.09. The Balaban J connectivity index is 5.25. The first-order valence-corrected chi connectivity index (χ1v) is 20.2. The number of nitrogens with one attached hydrogen (secondary N) is 7. The molecule has 6 atom stereocenters. The van der Waals surface area contributed by atoms with E-state index in [0.29, 0.717) is 6.61 Å². The van der Waals surface area contributed by atoms with Crippen LogP contribution in [0.1, 0.15) is 53.4 Å². The van der Waals surface area contributed by atoms with E-state index in [2.05, 4.69) is 37.2 Å². The van der Waals surface area contributed by atoms with Crippen molar-refractivity contribution in [3.8, 4) is 0 Å². The molecule has 54 heavy (non-hydrogen) atoms. The summed E-state index contributed by atoms with van der Waals surface area (Å²) in [7, 11) is 2.52. The predicted molar refractivity (Wildman–Crippen MR) is 199 cm³/mol. The highest BCUT2D eigenvalue weighted by atomic mass is 33.1. The molecule has 0 fully saturated rings. The van der Waals surface area contributed by atoms with E-state index in [1.165, 1.54) is 47.2 Å². The number of carboxylic acid groups (broad SMARTS) is 2. The quantitative estimate of drug-likeness (QED) is 0.0278. The zero-order valence-corrected chi connectivity index (χ0v) is 33.0. The zero-order valence-electron chi connectivity index (χ0n) is 30.5. The Labute approximate surface area is 324 Å². The van der Waals surface area contributed by atoms with Gasteiger partial charge in [-0.15, -0.1) is 11.8 Å². The van der Waals surface area contributed by atoms with E-state index in [1.54, 1.807) is 20.1 Å². The molecule has 0 spiro atoms. The van der Waals surface area contributed by atoms with Crippen LogP contribution < -0.4 is 43.0 Å². The maximum Gasteiger partial charge on any atom is 0.322 e. The highest BCUT2D eigenvalue weighted by molar-refractivity contribution is 8.76. The van der Waals surface area contributed by atoms with Gasteiger partial charge in [-0.25, -0.2) is 0 Å². The van der Waals surface area contributed by atoms with Crippen LogP contribution in [0.4, 0.5) is 0 Å². The van der Waals surface area contributed by atoms with Crippen LogP contribution in [0, 0.1) is 0 Å². The molecular formula is C30H50N8O13S3. The minimum absolute atomic E-state index is 0.0324. The maximum atomic E-state index is 12.8. The number of amides is 8. The molecule has 306 valence electrons. The van der Waals surface area contributed by atoms with Crippen molar-refractivity contribution in [3.63, 3.8) is 0 Å². The van der Waals surface area contributed by atoms with E-state index in [4.69, 9.17) is 15.6 Å². The van der Waals surface area contributed by atoms with Crippen molar-refractivity contribution < 1.29 is 62.9 Å². The molecule has 0 aromatic rings. The lowest BCUT2D eigenvalue weighted by Crippen LogP contribution is -2.57. The second-order valence-corrected chi connectivity index (χ2v) is 15.2. The fourth-order valence-corrected chi connectivity index (χ4v) is 6.08. The Kier molecular flexibility index (Phi) is 25.1. The van der Waals surface area contributed by atoms with E-state index in [0.717, 1.165) is 0 Å². The van der Waals surface area contributed by atoms with Gasteiger partial charge in [0.2, 0.25) is 47.3 Å². The van der Waals surface area contributed by atoms with E-state index in [9.17, 15) is 53.1 Å². The van der Waals surface area contributed by atoms with Gasteiger partial charge < -0.3 is 57.9 Å². The molecule has 0 bridgehead atoms. The third-order valence-corrected chi connectivity index (χ3v) is 9.66. The predicted octanol–water partition coefficient (Wildman–Crippen LogP) is -2.98. The number of carbonyl (C=O) groups is 10. The van der Waals surface area contributed by atoms with Crippen molar-refractivity contribution in [1.82, 2.24) is 37.2 Å². The third-order valence-electron chi connectivity index (χ3n) is 6.81. The summed E-state index contributed by atoms with van der Waals surface area (Å²) in [6, 6.07) is -6.42. The lowest BCUT2D eigenvalue weighted by molar-refractivity contribution is -0.141. The molecule has 0 aliphatic heterocycles. The second kappa shape index (κ2) is 27.3. The number of carboxylic acids is 2. The summed E-state index contributed by atoms with van der Waals surface area (Å²) in [6.07, 6.45) is 0.650. The molecule has 11 N–H and O–H groups in total. The van der Waals surface area contributed by atoms with Gasteiger partial charge in [0.15, 0.2) is 0 Å². The zero-order chi connectivity index (χ0) is 41.4. The minimum Gasteiger partial charge on any atom is -0.481 e. The molecule has 21 nitrogen and oxygen atoms in total. The normalized spacial score (nSPS) is 14.0. The molecule has 0 aliphatic carbocycles. The van der Waals surface area contributed by atoms with E-state index >= 15 is 0 Å². The topological polar surface area (TPSA) is 331 Å². The van der Waals surface area contributed by atoms with E-state index in [-0.39, 0.29) is 36.2 Å². The monoisotopic (exact) mass is 826 g/mol. The SMILES string of the molecule is CCOC(C)SCC(=O)NC(CCCC(=O)N[C@@H](C)C(=O)N[C@@H](C)C(=O)N[C@@H](CC(=O)O)C(=O)N[C@@H](CSSC)C(N)=O)C(=O)NCC(=O)NCC(=O)O. The maximum absolute atomic E-state index is 12.8. The largest absolute Gasteiger partial charge is 0.481 e. The molecule has 0 aromatic carbocycles. The summed E-state index contributed by atoms with van der Waals surface area (Å²) in [5, 5.41) is 34.2. The van der Waals surface area contributed by atoms with Gasteiger partial charge in [-0.3, -0.25) is 47.9 Å². The van der Waals surface area contributed by atoms with Gasteiger partial charge in [-0.05, 0) is 46.8 Å². The lowest BCUT2D eigenvalue weighted by atomic mass is 10.1. The Morgan fingerprint density at radius 2 is 1.30 bits per heavy atom. The van der Waals surface area contributed by atoms with E-state index < -0.39 is 109 Å². The number of ether oxygens (including phenoxy) is 1. The molecule has 8 amide bonds. The van der Waals surface area contributed by atoms with Crippen LogP contribution in [0.2, 0.25) is 0 Å². The highest BCUT2D eigenvalue weighted by Gasteiger charge is 2.30. The second-order valence-electron chi connectivity index (χ2n) is 11.3. The van der Waals surface area contributed by atoms with Crippen molar-refractivity contribution in [2.75, 3.05) is 37.5 Å². The smallest absolute Gasteiger partial charge is 0.322 e. The van der Waals surface area contributed by atoms with Gasteiger partial charge in [0.25, 0.3) is 0 Å². The average molecular weight is 827 g/mol. The first kappa shape index (κ1) is 49.7. The lowest BCUT2D eigenvalue weighted by Gasteiger charge is -2.23. The molecule has 0 rings (SSSR count).